The van der Waals surface area contributed by atoms with E-state index in [0.29, 0.717) is 11.1 Å². The summed E-state index contributed by atoms with van der Waals surface area (Å²) in [6, 6.07) is 10.0. The fraction of sp³-hybridized carbons (Fsp3) is 0.250. The molecular formula is C20H17F3N4O2. The quantitative estimate of drug-likeness (QED) is 0.716. The highest BCUT2D eigenvalue weighted by Crippen LogP contribution is 2.32. The van der Waals surface area contributed by atoms with Crippen LogP contribution in [-0.2, 0) is 6.18 Å². The number of carbonyl (C=O) groups excluding carboxylic acids is 2. The van der Waals surface area contributed by atoms with Crippen molar-refractivity contribution in [3.63, 3.8) is 0 Å². The summed E-state index contributed by atoms with van der Waals surface area (Å²) in [6.45, 7) is 0.804. The van der Waals surface area contributed by atoms with Crippen LogP contribution >= 0.6 is 0 Å². The van der Waals surface area contributed by atoms with E-state index in [4.69, 9.17) is 0 Å². The number of aromatic nitrogens is 2. The molecule has 0 aliphatic carbocycles. The van der Waals surface area contributed by atoms with Crippen LogP contribution in [0.5, 0.6) is 0 Å². The Morgan fingerprint density at radius 3 is 2.10 bits per heavy atom. The molecule has 29 heavy (non-hydrogen) atoms. The van der Waals surface area contributed by atoms with Gasteiger partial charge in [-0.25, -0.2) is 0 Å². The third kappa shape index (κ3) is 3.55. The highest BCUT2D eigenvalue weighted by molar-refractivity contribution is 6.05. The summed E-state index contributed by atoms with van der Waals surface area (Å²) < 4.78 is 39.6. The standard InChI is InChI=1S/C20H17F3N4O2/c21-20(22,23)16-7-2-1-5-14(16)18(28)26-8-10-27(11-9-26)19(29)15-6-3-4-13-12-24-25-17(13)15/h1-7,12H,8-11H2,(H,24,25). The van der Waals surface area contributed by atoms with Gasteiger partial charge in [0.2, 0.25) is 0 Å². The Morgan fingerprint density at radius 1 is 0.862 bits per heavy atom. The number of para-hydroxylation sites is 1. The lowest BCUT2D eigenvalue weighted by Crippen LogP contribution is -2.50. The Morgan fingerprint density at radius 2 is 1.45 bits per heavy atom. The average molecular weight is 402 g/mol. The highest BCUT2D eigenvalue weighted by Gasteiger charge is 2.36. The fourth-order valence-electron chi connectivity index (χ4n) is 3.52. The first-order chi connectivity index (χ1) is 13.9. The van der Waals surface area contributed by atoms with Gasteiger partial charge in [-0.15, -0.1) is 0 Å². The Kier molecular flexibility index (Phi) is 4.73. The number of H-pyrrole nitrogens is 1. The number of amides is 2. The summed E-state index contributed by atoms with van der Waals surface area (Å²) in [5, 5.41) is 7.57. The minimum absolute atomic E-state index is 0.162. The van der Waals surface area contributed by atoms with E-state index in [1.807, 2.05) is 6.07 Å². The van der Waals surface area contributed by atoms with Crippen LogP contribution in [-0.4, -0.2) is 58.0 Å². The number of carbonyl (C=O) groups is 2. The third-order valence-electron chi connectivity index (χ3n) is 5.02. The number of hydrogen-bond acceptors (Lipinski definition) is 3. The van der Waals surface area contributed by atoms with Gasteiger partial charge in [-0.1, -0.05) is 24.3 Å². The van der Waals surface area contributed by atoms with Crippen LogP contribution < -0.4 is 0 Å². The SMILES string of the molecule is O=C(c1ccccc1C(F)(F)F)N1CCN(C(=O)c2cccc3cn[nH]c23)CC1. The topological polar surface area (TPSA) is 69.3 Å². The zero-order valence-electron chi connectivity index (χ0n) is 15.2. The molecule has 0 unspecified atom stereocenters. The smallest absolute Gasteiger partial charge is 0.335 e. The van der Waals surface area contributed by atoms with Gasteiger partial charge in [-0.3, -0.25) is 14.7 Å². The first-order valence-corrected chi connectivity index (χ1v) is 9.03. The van der Waals surface area contributed by atoms with Gasteiger partial charge in [0.1, 0.15) is 0 Å². The molecule has 3 aromatic rings. The van der Waals surface area contributed by atoms with Gasteiger partial charge >= 0.3 is 6.18 Å². The van der Waals surface area contributed by atoms with Gasteiger partial charge in [0, 0.05) is 31.6 Å². The zero-order valence-corrected chi connectivity index (χ0v) is 15.2. The summed E-state index contributed by atoms with van der Waals surface area (Å²) in [6.07, 6.45) is -2.98. The van der Waals surface area contributed by atoms with Crippen molar-refractivity contribution in [2.75, 3.05) is 26.2 Å². The minimum atomic E-state index is -4.60. The molecule has 0 atom stereocenters. The summed E-state index contributed by atoms with van der Waals surface area (Å²) in [5.74, 6) is -0.886. The molecule has 1 fully saturated rings. The van der Waals surface area contributed by atoms with E-state index < -0.39 is 17.6 Å². The number of halogens is 3. The number of alkyl halides is 3. The van der Waals surface area contributed by atoms with Crippen molar-refractivity contribution < 1.29 is 22.8 Å². The average Bonchev–Trinajstić information content (AvgIpc) is 3.21. The van der Waals surface area contributed by atoms with E-state index in [1.54, 1.807) is 23.2 Å². The number of benzene rings is 2. The van der Waals surface area contributed by atoms with Gasteiger partial charge in [0.05, 0.1) is 28.4 Å². The largest absolute Gasteiger partial charge is 0.417 e. The van der Waals surface area contributed by atoms with Crippen molar-refractivity contribution in [1.29, 1.82) is 0 Å². The van der Waals surface area contributed by atoms with Crippen LogP contribution in [0.25, 0.3) is 10.9 Å². The molecule has 1 N–H and O–H groups in total. The molecule has 6 nitrogen and oxygen atoms in total. The van der Waals surface area contributed by atoms with Crippen molar-refractivity contribution in [3.8, 4) is 0 Å². The highest BCUT2D eigenvalue weighted by atomic mass is 19.4. The van der Waals surface area contributed by atoms with E-state index in [9.17, 15) is 22.8 Å². The van der Waals surface area contributed by atoms with E-state index in [2.05, 4.69) is 10.2 Å². The number of fused-ring (bicyclic) bond motifs is 1. The second kappa shape index (κ2) is 7.23. The predicted molar refractivity (Wildman–Crippen MR) is 99.3 cm³/mol. The van der Waals surface area contributed by atoms with E-state index in [-0.39, 0.29) is 37.6 Å². The van der Waals surface area contributed by atoms with Crippen LogP contribution in [0.3, 0.4) is 0 Å². The normalized spacial score (nSPS) is 15.0. The fourth-order valence-corrected chi connectivity index (χ4v) is 3.52. The predicted octanol–water partition coefficient (Wildman–Crippen LogP) is 3.18. The summed E-state index contributed by atoms with van der Waals surface area (Å²) in [7, 11) is 0. The van der Waals surface area contributed by atoms with Crippen molar-refractivity contribution >= 4 is 22.7 Å². The third-order valence-corrected chi connectivity index (χ3v) is 5.02. The van der Waals surface area contributed by atoms with Crippen molar-refractivity contribution in [1.82, 2.24) is 20.0 Å². The molecule has 4 rings (SSSR count). The number of aromatic amines is 1. The second-order valence-corrected chi connectivity index (χ2v) is 6.77. The van der Waals surface area contributed by atoms with Gasteiger partial charge in [0.25, 0.3) is 11.8 Å². The maximum Gasteiger partial charge on any atom is 0.417 e. The summed E-state index contributed by atoms with van der Waals surface area (Å²) in [5.41, 5.74) is -0.214. The lowest BCUT2D eigenvalue weighted by atomic mass is 10.1. The van der Waals surface area contributed by atoms with Crippen LogP contribution in [0.4, 0.5) is 13.2 Å². The molecular weight excluding hydrogens is 385 g/mol. The minimum Gasteiger partial charge on any atom is -0.335 e. The molecule has 2 aromatic carbocycles. The molecule has 0 spiro atoms. The van der Waals surface area contributed by atoms with Gasteiger partial charge in [-0.05, 0) is 18.2 Å². The Labute approximate surface area is 163 Å². The van der Waals surface area contributed by atoms with Crippen LogP contribution in [0.15, 0.2) is 48.7 Å². The molecule has 2 heterocycles. The number of nitrogens with one attached hydrogen (secondary N) is 1. The second-order valence-electron chi connectivity index (χ2n) is 6.77. The Hall–Kier alpha value is -3.36. The maximum atomic E-state index is 13.2. The molecule has 1 aliphatic rings. The number of piperazine rings is 1. The molecule has 0 bridgehead atoms. The van der Waals surface area contributed by atoms with Crippen molar-refractivity contribution in [3.05, 3.63) is 65.4 Å². The molecule has 1 aliphatic heterocycles. The monoisotopic (exact) mass is 402 g/mol. The lowest BCUT2D eigenvalue weighted by Gasteiger charge is -2.35. The number of rotatable bonds is 2. The van der Waals surface area contributed by atoms with Gasteiger partial charge in [0.15, 0.2) is 0 Å². The van der Waals surface area contributed by atoms with Crippen LogP contribution in [0, 0.1) is 0 Å². The lowest BCUT2D eigenvalue weighted by molar-refractivity contribution is -0.138. The first-order valence-electron chi connectivity index (χ1n) is 9.03. The number of nitrogens with zero attached hydrogens (tertiary/aromatic N) is 3. The first kappa shape index (κ1) is 19.0. The van der Waals surface area contributed by atoms with Gasteiger partial charge < -0.3 is 9.80 Å². The Bertz CT molecular complexity index is 1070. The molecule has 9 heteroatoms. The number of hydrogen-bond donors (Lipinski definition) is 1. The Balaban J connectivity index is 1.48. The van der Waals surface area contributed by atoms with Gasteiger partial charge in [-0.2, -0.15) is 18.3 Å². The zero-order chi connectivity index (χ0) is 20.6. The van der Waals surface area contributed by atoms with E-state index in [0.717, 1.165) is 11.5 Å². The molecule has 1 aromatic heterocycles. The summed E-state index contributed by atoms with van der Waals surface area (Å²) in [4.78, 5) is 28.5. The molecule has 2 amide bonds. The molecule has 1 saturated heterocycles. The van der Waals surface area contributed by atoms with Crippen molar-refractivity contribution in [2.24, 2.45) is 0 Å². The summed E-state index contributed by atoms with van der Waals surface area (Å²) >= 11 is 0. The molecule has 0 radical (unpaired) electrons. The van der Waals surface area contributed by atoms with Crippen LogP contribution in [0.1, 0.15) is 26.3 Å². The van der Waals surface area contributed by atoms with Crippen molar-refractivity contribution in [2.45, 2.75) is 6.18 Å². The maximum absolute atomic E-state index is 13.2. The van der Waals surface area contributed by atoms with E-state index in [1.165, 1.54) is 23.1 Å². The van der Waals surface area contributed by atoms with Crippen LogP contribution in [0.2, 0.25) is 0 Å². The van der Waals surface area contributed by atoms with E-state index >= 15 is 0 Å². The molecule has 150 valence electrons. The molecule has 0 saturated carbocycles.